The van der Waals surface area contributed by atoms with E-state index in [-0.39, 0.29) is 11.9 Å². The Labute approximate surface area is 111 Å². The van der Waals surface area contributed by atoms with Gasteiger partial charge in [0.25, 0.3) is 0 Å². The smallest absolute Gasteiger partial charge is 0.193 e. The van der Waals surface area contributed by atoms with Crippen LogP contribution in [0.25, 0.3) is 0 Å². The number of hydrogen-bond acceptors (Lipinski definition) is 2. The molecule has 1 aromatic carbocycles. The Balaban J connectivity index is 2.37. The number of hydrogen-bond donors (Lipinski definition) is 1. The van der Waals surface area contributed by atoms with Crippen LogP contribution < -0.4 is 5.32 Å². The Kier molecular flexibility index (Phi) is 4.04. The van der Waals surface area contributed by atoms with Crippen molar-refractivity contribution in [2.45, 2.75) is 19.9 Å². The molecular formula is C14H15ClFNO. The van der Waals surface area contributed by atoms with Gasteiger partial charge in [0.2, 0.25) is 0 Å². The van der Waals surface area contributed by atoms with E-state index in [1.54, 1.807) is 25.1 Å². The first kappa shape index (κ1) is 13.1. The molecular weight excluding hydrogens is 253 g/mol. The monoisotopic (exact) mass is 267 g/mol. The molecule has 1 unspecified atom stereocenters. The summed E-state index contributed by atoms with van der Waals surface area (Å²) >= 11 is 5.78. The number of halogens is 2. The molecule has 2 aromatic rings. The standard InChI is InChI=1S/C14H15ClFNO/c1-3-17-14(12-6-7-13(15)18-12)10-5-4-9(2)11(16)8-10/h4-8,14,17H,3H2,1-2H3. The number of nitrogens with one attached hydrogen (secondary N) is 1. The highest BCUT2D eigenvalue weighted by Gasteiger charge is 2.17. The molecule has 1 atom stereocenters. The maximum absolute atomic E-state index is 13.6. The van der Waals surface area contributed by atoms with Crippen LogP contribution in [-0.2, 0) is 0 Å². The van der Waals surface area contributed by atoms with Crippen molar-refractivity contribution in [3.8, 4) is 0 Å². The van der Waals surface area contributed by atoms with E-state index in [0.29, 0.717) is 16.5 Å². The maximum atomic E-state index is 13.6. The Morgan fingerprint density at radius 2 is 2.11 bits per heavy atom. The molecule has 1 aromatic heterocycles. The van der Waals surface area contributed by atoms with Crippen LogP contribution in [0, 0.1) is 12.7 Å². The van der Waals surface area contributed by atoms with Crippen LogP contribution in [0.5, 0.6) is 0 Å². The summed E-state index contributed by atoms with van der Waals surface area (Å²) in [5.41, 5.74) is 1.46. The Morgan fingerprint density at radius 1 is 1.33 bits per heavy atom. The minimum Gasteiger partial charge on any atom is -0.448 e. The lowest BCUT2D eigenvalue weighted by molar-refractivity contribution is 0.452. The van der Waals surface area contributed by atoms with E-state index < -0.39 is 0 Å². The minimum absolute atomic E-state index is 0.183. The second-order valence-electron chi connectivity index (χ2n) is 4.14. The largest absolute Gasteiger partial charge is 0.448 e. The number of benzene rings is 1. The van der Waals surface area contributed by atoms with Gasteiger partial charge in [-0.2, -0.15) is 0 Å². The third-order valence-electron chi connectivity index (χ3n) is 2.82. The van der Waals surface area contributed by atoms with E-state index in [9.17, 15) is 4.39 Å². The van der Waals surface area contributed by atoms with Crippen molar-refractivity contribution in [2.75, 3.05) is 6.54 Å². The second kappa shape index (κ2) is 5.55. The summed E-state index contributed by atoms with van der Waals surface area (Å²) in [6.45, 7) is 4.48. The molecule has 0 amide bonds. The van der Waals surface area contributed by atoms with Crippen LogP contribution in [0.4, 0.5) is 4.39 Å². The lowest BCUT2D eigenvalue weighted by atomic mass is 10.0. The van der Waals surface area contributed by atoms with Crippen molar-refractivity contribution in [1.29, 1.82) is 0 Å². The van der Waals surface area contributed by atoms with E-state index in [4.69, 9.17) is 16.0 Å². The van der Waals surface area contributed by atoms with Gasteiger partial charge >= 0.3 is 0 Å². The number of furan rings is 1. The van der Waals surface area contributed by atoms with Gasteiger partial charge in [0, 0.05) is 0 Å². The van der Waals surface area contributed by atoms with Crippen LogP contribution in [-0.4, -0.2) is 6.54 Å². The average Bonchev–Trinajstić information content (AvgIpc) is 2.76. The number of rotatable bonds is 4. The maximum Gasteiger partial charge on any atom is 0.193 e. The van der Waals surface area contributed by atoms with E-state index in [1.807, 2.05) is 13.0 Å². The van der Waals surface area contributed by atoms with Gasteiger partial charge in [-0.1, -0.05) is 19.1 Å². The second-order valence-corrected chi connectivity index (χ2v) is 4.51. The summed E-state index contributed by atoms with van der Waals surface area (Å²) in [6, 6.07) is 8.48. The molecule has 0 aliphatic carbocycles. The predicted octanol–water partition coefficient (Wildman–Crippen LogP) is 4.08. The lowest BCUT2D eigenvalue weighted by Crippen LogP contribution is -2.21. The zero-order chi connectivity index (χ0) is 13.1. The van der Waals surface area contributed by atoms with Gasteiger partial charge in [-0.25, -0.2) is 4.39 Å². The first-order valence-electron chi connectivity index (χ1n) is 5.86. The van der Waals surface area contributed by atoms with Gasteiger partial charge in [0.15, 0.2) is 5.22 Å². The molecule has 0 aliphatic rings. The molecule has 0 radical (unpaired) electrons. The van der Waals surface area contributed by atoms with Crippen LogP contribution in [0.3, 0.4) is 0 Å². The molecule has 1 N–H and O–H groups in total. The Hall–Kier alpha value is -1.32. The lowest BCUT2D eigenvalue weighted by Gasteiger charge is -2.16. The van der Waals surface area contributed by atoms with Gasteiger partial charge in [0.1, 0.15) is 11.6 Å². The third kappa shape index (κ3) is 2.74. The predicted molar refractivity (Wildman–Crippen MR) is 70.4 cm³/mol. The quantitative estimate of drug-likeness (QED) is 0.903. The van der Waals surface area contributed by atoms with Gasteiger partial charge in [-0.15, -0.1) is 0 Å². The molecule has 0 saturated heterocycles. The summed E-state index contributed by atoms with van der Waals surface area (Å²) in [7, 11) is 0. The fraction of sp³-hybridized carbons (Fsp3) is 0.286. The fourth-order valence-corrected chi connectivity index (χ4v) is 2.01. The average molecular weight is 268 g/mol. The SMILES string of the molecule is CCNC(c1ccc(C)c(F)c1)c1ccc(Cl)o1. The summed E-state index contributed by atoms with van der Waals surface area (Å²) in [5, 5.41) is 3.59. The van der Waals surface area contributed by atoms with Crippen molar-refractivity contribution in [3.63, 3.8) is 0 Å². The summed E-state index contributed by atoms with van der Waals surface area (Å²) in [4.78, 5) is 0. The van der Waals surface area contributed by atoms with Crippen LogP contribution >= 0.6 is 11.6 Å². The van der Waals surface area contributed by atoms with Crippen molar-refractivity contribution < 1.29 is 8.81 Å². The van der Waals surface area contributed by atoms with Crippen LogP contribution in [0.2, 0.25) is 5.22 Å². The van der Waals surface area contributed by atoms with E-state index in [1.165, 1.54) is 6.07 Å². The first-order chi connectivity index (χ1) is 8.61. The van der Waals surface area contributed by atoms with E-state index in [2.05, 4.69) is 5.32 Å². The zero-order valence-electron chi connectivity index (χ0n) is 10.3. The molecule has 1 heterocycles. The summed E-state index contributed by atoms with van der Waals surface area (Å²) in [6.07, 6.45) is 0. The molecule has 18 heavy (non-hydrogen) atoms. The molecule has 0 bridgehead atoms. The highest BCUT2D eigenvalue weighted by Crippen LogP contribution is 2.26. The molecule has 2 rings (SSSR count). The molecule has 4 heteroatoms. The third-order valence-corrected chi connectivity index (χ3v) is 3.02. The van der Waals surface area contributed by atoms with Crippen LogP contribution in [0.1, 0.15) is 29.9 Å². The van der Waals surface area contributed by atoms with Crippen molar-refractivity contribution >= 4 is 11.6 Å². The van der Waals surface area contributed by atoms with Crippen LogP contribution in [0.15, 0.2) is 34.7 Å². The summed E-state index contributed by atoms with van der Waals surface area (Å²) < 4.78 is 19.0. The topological polar surface area (TPSA) is 25.2 Å². The Bertz CT molecular complexity index is 538. The van der Waals surface area contributed by atoms with Crippen molar-refractivity contribution in [1.82, 2.24) is 5.32 Å². The number of aryl methyl sites for hydroxylation is 1. The highest BCUT2D eigenvalue weighted by molar-refractivity contribution is 6.28. The molecule has 0 aliphatic heterocycles. The van der Waals surface area contributed by atoms with Gasteiger partial charge in [-0.05, 0) is 54.4 Å². The minimum atomic E-state index is -0.215. The highest BCUT2D eigenvalue weighted by atomic mass is 35.5. The summed E-state index contributed by atoms with van der Waals surface area (Å²) in [5.74, 6) is 0.471. The molecule has 0 saturated carbocycles. The van der Waals surface area contributed by atoms with Gasteiger partial charge in [-0.3, -0.25) is 0 Å². The zero-order valence-corrected chi connectivity index (χ0v) is 11.1. The molecule has 96 valence electrons. The van der Waals surface area contributed by atoms with Crippen molar-refractivity contribution in [2.24, 2.45) is 0 Å². The normalized spacial score (nSPS) is 12.7. The van der Waals surface area contributed by atoms with Gasteiger partial charge in [0.05, 0.1) is 6.04 Å². The molecule has 0 fully saturated rings. The first-order valence-corrected chi connectivity index (χ1v) is 6.24. The Morgan fingerprint density at radius 3 is 2.67 bits per heavy atom. The fourth-order valence-electron chi connectivity index (χ4n) is 1.86. The van der Waals surface area contributed by atoms with Crippen molar-refractivity contribution in [3.05, 3.63) is 58.3 Å². The van der Waals surface area contributed by atoms with E-state index in [0.717, 1.165) is 12.1 Å². The molecule has 0 spiro atoms. The van der Waals surface area contributed by atoms with Gasteiger partial charge < -0.3 is 9.73 Å². The molecule has 2 nitrogen and oxygen atoms in total. The van der Waals surface area contributed by atoms with E-state index >= 15 is 0 Å².